The number of hydrogen-bond donors (Lipinski definition) is 2. The molecule has 0 aliphatic rings. The van der Waals surface area contributed by atoms with Crippen molar-refractivity contribution in [1.29, 1.82) is 0 Å². The highest BCUT2D eigenvalue weighted by Gasteiger charge is 2.26. The lowest BCUT2D eigenvalue weighted by Gasteiger charge is -2.12. The SMILES string of the molecule is COC(=O)c1sc(NC(=S)Nc2c(C)nn(Cc3c(Cl)cccc3Cl)c2C)c(C(=O)OC)c1C. The Kier molecular flexibility index (Phi) is 8.19. The first-order valence-electron chi connectivity index (χ1n) is 9.93. The Hall–Kier alpha value is -2.66. The Bertz CT molecular complexity index is 1270. The number of anilines is 2. The van der Waals surface area contributed by atoms with Crippen molar-refractivity contribution in [3.63, 3.8) is 0 Å². The molecule has 2 N–H and O–H groups in total. The van der Waals surface area contributed by atoms with Gasteiger partial charge >= 0.3 is 11.9 Å². The van der Waals surface area contributed by atoms with Gasteiger partial charge in [-0.2, -0.15) is 5.10 Å². The van der Waals surface area contributed by atoms with Gasteiger partial charge in [0.15, 0.2) is 5.11 Å². The lowest BCUT2D eigenvalue weighted by molar-refractivity contribution is 0.0601. The van der Waals surface area contributed by atoms with Crippen molar-refractivity contribution in [2.45, 2.75) is 27.3 Å². The molecule has 0 saturated carbocycles. The maximum atomic E-state index is 12.4. The van der Waals surface area contributed by atoms with E-state index < -0.39 is 11.9 Å². The summed E-state index contributed by atoms with van der Waals surface area (Å²) in [6.45, 7) is 5.76. The highest BCUT2D eigenvalue weighted by atomic mass is 35.5. The number of carbonyl (C=O) groups is 2. The predicted molar refractivity (Wildman–Crippen MR) is 139 cm³/mol. The minimum absolute atomic E-state index is 0.212. The zero-order valence-electron chi connectivity index (χ0n) is 19.0. The summed E-state index contributed by atoms with van der Waals surface area (Å²) in [4.78, 5) is 24.7. The number of ether oxygens (including phenoxy) is 2. The first-order chi connectivity index (χ1) is 16.1. The summed E-state index contributed by atoms with van der Waals surface area (Å²) in [5, 5.41) is 12.4. The highest BCUT2D eigenvalue weighted by molar-refractivity contribution is 7.80. The van der Waals surface area contributed by atoms with Crippen LogP contribution in [0.5, 0.6) is 0 Å². The molecule has 2 heterocycles. The molecule has 0 aliphatic carbocycles. The van der Waals surface area contributed by atoms with Crippen LogP contribution >= 0.6 is 46.8 Å². The van der Waals surface area contributed by atoms with Gasteiger partial charge in [-0.1, -0.05) is 29.3 Å². The van der Waals surface area contributed by atoms with Gasteiger partial charge in [-0.05, 0) is 50.7 Å². The molecule has 12 heteroatoms. The van der Waals surface area contributed by atoms with Crippen LogP contribution in [0.15, 0.2) is 18.2 Å². The van der Waals surface area contributed by atoms with E-state index in [1.54, 1.807) is 29.8 Å². The second kappa shape index (κ2) is 10.7. The van der Waals surface area contributed by atoms with Crippen molar-refractivity contribution in [2.75, 3.05) is 24.9 Å². The molecular weight excluding hydrogens is 519 g/mol. The van der Waals surface area contributed by atoms with Crippen LogP contribution in [0.1, 0.15) is 42.5 Å². The van der Waals surface area contributed by atoms with Crippen LogP contribution in [-0.4, -0.2) is 41.1 Å². The first-order valence-corrected chi connectivity index (χ1v) is 11.9. The van der Waals surface area contributed by atoms with Crippen LogP contribution in [0.2, 0.25) is 10.0 Å². The molecule has 34 heavy (non-hydrogen) atoms. The van der Waals surface area contributed by atoms with E-state index in [4.69, 9.17) is 44.9 Å². The number of nitrogens with one attached hydrogen (secondary N) is 2. The molecule has 0 bridgehead atoms. The van der Waals surface area contributed by atoms with Gasteiger partial charge in [0.1, 0.15) is 9.88 Å². The van der Waals surface area contributed by atoms with Gasteiger partial charge in [-0.25, -0.2) is 9.59 Å². The average molecular weight is 541 g/mol. The summed E-state index contributed by atoms with van der Waals surface area (Å²) < 4.78 is 11.5. The fourth-order valence-electron chi connectivity index (χ4n) is 3.35. The summed E-state index contributed by atoms with van der Waals surface area (Å²) in [5.74, 6) is -1.14. The monoisotopic (exact) mass is 540 g/mol. The molecule has 0 unspecified atom stereocenters. The van der Waals surface area contributed by atoms with E-state index in [1.807, 2.05) is 13.8 Å². The number of aromatic nitrogens is 2. The molecule has 3 aromatic rings. The van der Waals surface area contributed by atoms with Gasteiger partial charge in [0.2, 0.25) is 0 Å². The minimum atomic E-state index is -0.592. The third-order valence-electron chi connectivity index (χ3n) is 5.12. The Morgan fingerprint density at radius 2 is 1.71 bits per heavy atom. The molecule has 8 nitrogen and oxygen atoms in total. The smallest absolute Gasteiger partial charge is 0.348 e. The Labute approximate surface area is 216 Å². The fourth-order valence-corrected chi connectivity index (χ4v) is 5.25. The standard InChI is InChI=1S/C22H22Cl2N4O4S2/c1-10-16(20(29)31-4)19(34-18(10)21(30)32-5)26-22(33)25-17-11(2)27-28(12(17)3)9-13-14(23)7-6-8-15(13)24/h6-8H,9H2,1-5H3,(H2,25,26,33). The summed E-state index contributed by atoms with van der Waals surface area (Å²) >= 11 is 19.2. The number of rotatable bonds is 6. The fraction of sp³-hybridized carbons (Fsp3) is 0.273. The Morgan fingerprint density at radius 1 is 1.09 bits per heavy atom. The van der Waals surface area contributed by atoms with Crippen molar-refractivity contribution in [3.05, 3.63) is 61.2 Å². The lowest BCUT2D eigenvalue weighted by atomic mass is 10.1. The van der Waals surface area contributed by atoms with E-state index in [0.717, 1.165) is 22.6 Å². The van der Waals surface area contributed by atoms with Crippen LogP contribution in [0.4, 0.5) is 10.7 Å². The molecule has 180 valence electrons. The van der Waals surface area contributed by atoms with Crippen molar-refractivity contribution in [2.24, 2.45) is 0 Å². The van der Waals surface area contributed by atoms with E-state index in [2.05, 4.69) is 15.7 Å². The number of carbonyl (C=O) groups excluding carboxylic acids is 2. The van der Waals surface area contributed by atoms with Gasteiger partial charge in [0.05, 0.1) is 43.4 Å². The maximum absolute atomic E-state index is 12.4. The second-order valence-corrected chi connectivity index (χ2v) is 9.47. The summed E-state index contributed by atoms with van der Waals surface area (Å²) in [7, 11) is 2.54. The van der Waals surface area contributed by atoms with E-state index >= 15 is 0 Å². The zero-order valence-corrected chi connectivity index (χ0v) is 22.2. The number of benzene rings is 1. The van der Waals surface area contributed by atoms with Crippen LogP contribution in [-0.2, 0) is 16.0 Å². The van der Waals surface area contributed by atoms with Crippen LogP contribution in [0, 0.1) is 20.8 Å². The second-order valence-electron chi connectivity index (χ2n) is 7.23. The van der Waals surface area contributed by atoms with Crippen molar-refractivity contribution in [3.8, 4) is 0 Å². The van der Waals surface area contributed by atoms with Gasteiger partial charge < -0.3 is 20.1 Å². The van der Waals surface area contributed by atoms with Crippen LogP contribution < -0.4 is 10.6 Å². The molecule has 0 amide bonds. The molecule has 0 fully saturated rings. The van der Waals surface area contributed by atoms with Crippen LogP contribution in [0.3, 0.4) is 0 Å². The number of halogens is 2. The molecule has 0 atom stereocenters. The third kappa shape index (κ3) is 5.20. The van der Waals surface area contributed by atoms with Crippen molar-refractivity contribution >= 4 is 74.5 Å². The number of thiocarbonyl (C=S) groups is 1. The Morgan fingerprint density at radius 3 is 2.29 bits per heavy atom. The zero-order chi connectivity index (χ0) is 25.2. The molecule has 1 aromatic carbocycles. The topological polar surface area (TPSA) is 94.5 Å². The molecule has 3 rings (SSSR count). The number of nitrogens with zero attached hydrogens (tertiary/aromatic N) is 2. The van der Waals surface area contributed by atoms with E-state index in [-0.39, 0.29) is 15.6 Å². The third-order valence-corrected chi connectivity index (χ3v) is 7.22. The number of thiophene rings is 1. The number of esters is 2. The average Bonchev–Trinajstić information content (AvgIpc) is 3.25. The van der Waals surface area contributed by atoms with E-state index in [1.165, 1.54) is 14.2 Å². The highest BCUT2D eigenvalue weighted by Crippen LogP contribution is 2.34. The molecule has 0 radical (unpaired) electrons. The van der Waals surface area contributed by atoms with Gasteiger partial charge in [-0.15, -0.1) is 11.3 Å². The Balaban J connectivity index is 1.86. The number of methoxy groups -OCH3 is 2. The van der Waals surface area contributed by atoms with Gasteiger partial charge in [0, 0.05) is 15.6 Å². The summed E-state index contributed by atoms with van der Waals surface area (Å²) in [6.07, 6.45) is 0. The largest absolute Gasteiger partial charge is 0.465 e. The van der Waals surface area contributed by atoms with E-state index in [0.29, 0.717) is 38.5 Å². The predicted octanol–water partition coefficient (Wildman–Crippen LogP) is 5.61. The number of aryl methyl sites for hydroxylation is 1. The maximum Gasteiger partial charge on any atom is 0.348 e. The quantitative estimate of drug-likeness (QED) is 0.308. The summed E-state index contributed by atoms with van der Waals surface area (Å²) in [6, 6.07) is 5.33. The molecule has 0 aliphatic heterocycles. The molecule has 0 spiro atoms. The van der Waals surface area contributed by atoms with Crippen molar-refractivity contribution in [1.82, 2.24) is 9.78 Å². The molecular formula is C22H22Cl2N4O4S2. The lowest BCUT2D eigenvalue weighted by Crippen LogP contribution is -2.21. The van der Waals surface area contributed by atoms with Gasteiger partial charge in [-0.3, -0.25) is 4.68 Å². The summed E-state index contributed by atoms with van der Waals surface area (Å²) in [5.41, 5.74) is 3.64. The van der Waals surface area contributed by atoms with E-state index in [9.17, 15) is 9.59 Å². The molecule has 2 aromatic heterocycles. The first kappa shape index (κ1) is 26.0. The number of hydrogen-bond acceptors (Lipinski definition) is 7. The van der Waals surface area contributed by atoms with Crippen molar-refractivity contribution < 1.29 is 19.1 Å². The minimum Gasteiger partial charge on any atom is -0.465 e. The van der Waals surface area contributed by atoms with Gasteiger partial charge in [0.25, 0.3) is 0 Å². The van der Waals surface area contributed by atoms with Crippen LogP contribution in [0.25, 0.3) is 0 Å². The normalized spacial score (nSPS) is 10.7. The molecule has 0 saturated heterocycles.